The summed E-state index contributed by atoms with van der Waals surface area (Å²) < 4.78 is 5.40. The maximum atomic E-state index is 10.5. The highest BCUT2D eigenvalue weighted by atomic mass is 31.0. The molecule has 5 nitrogen and oxygen atoms in total. The van der Waals surface area contributed by atoms with Crippen molar-refractivity contribution in [1.82, 2.24) is 0 Å². The lowest BCUT2D eigenvalue weighted by Gasteiger charge is -2.24. The van der Waals surface area contributed by atoms with E-state index in [1.54, 1.807) is 0 Å². The van der Waals surface area contributed by atoms with E-state index in [2.05, 4.69) is 16.4 Å². The second-order valence-corrected chi connectivity index (χ2v) is 7.09. The van der Waals surface area contributed by atoms with E-state index in [1.807, 2.05) is 12.2 Å². The summed E-state index contributed by atoms with van der Waals surface area (Å²) in [6.07, 6.45) is 9.85. The molecule has 0 aliphatic heterocycles. The lowest BCUT2D eigenvalue weighted by Crippen LogP contribution is -2.23. The lowest BCUT2D eigenvalue weighted by atomic mass is 9.86. The van der Waals surface area contributed by atoms with Gasteiger partial charge in [0, 0.05) is 15.9 Å². The summed E-state index contributed by atoms with van der Waals surface area (Å²) in [5.74, 6) is -0.596. The summed E-state index contributed by atoms with van der Waals surface area (Å²) in [5.41, 5.74) is 0. The monoisotopic (exact) mass is 360 g/mol. The topological polar surface area (TPSA) is 87.0 Å². The van der Waals surface area contributed by atoms with Gasteiger partial charge in [0.15, 0.2) is 0 Å². The molecule has 0 amide bonds. The number of aliphatic hydroxyl groups excluding tert-OH is 2. The average molecular weight is 360 g/mol. The highest BCUT2D eigenvalue weighted by Crippen LogP contribution is 2.38. The number of carboxylic acid groups (broad SMARTS) is 1. The third-order valence-electron chi connectivity index (χ3n) is 4.98. The highest BCUT2D eigenvalue weighted by molar-refractivity contribution is 7.09. The second kappa shape index (κ2) is 12.0. The van der Waals surface area contributed by atoms with Crippen LogP contribution in [0.5, 0.6) is 0 Å². The fourth-order valence-corrected chi connectivity index (χ4v) is 3.90. The summed E-state index contributed by atoms with van der Waals surface area (Å²) in [6, 6.07) is 0. The number of aliphatic carboxylic acids is 1. The second-order valence-electron chi connectivity index (χ2n) is 6.82. The molecule has 24 heavy (non-hydrogen) atoms. The predicted octanol–water partition coefficient (Wildman–Crippen LogP) is 3.30. The number of hydrogen-bond donors (Lipinski definition) is 3. The van der Waals surface area contributed by atoms with E-state index >= 15 is 0 Å². The molecule has 0 spiro atoms. The van der Waals surface area contributed by atoms with Gasteiger partial charge >= 0.3 is 5.97 Å². The Morgan fingerprint density at radius 1 is 1.25 bits per heavy atom. The first-order valence-corrected chi connectivity index (χ1v) is 9.55. The van der Waals surface area contributed by atoms with Crippen LogP contribution in [-0.4, -0.2) is 39.6 Å². The number of carbonyl (C=O) groups is 1. The zero-order chi connectivity index (χ0) is 17.9. The fourth-order valence-electron chi connectivity index (χ4n) is 3.63. The van der Waals surface area contributed by atoms with Gasteiger partial charge in [-0.2, -0.15) is 0 Å². The van der Waals surface area contributed by atoms with Crippen LogP contribution in [0.15, 0.2) is 12.2 Å². The Balaban J connectivity index is 2.44. The zero-order valence-electron chi connectivity index (χ0n) is 14.6. The summed E-state index contributed by atoms with van der Waals surface area (Å²) >= 11 is 0. The number of allylic oxidation sites excluding steroid dienone is 2. The van der Waals surface area contributed by atoms with Crippen molar-refractivity contribution in [3.8, 4) is 0 Å². The largest absolute Gasteiger partial charge is 0.481 e. The van der Waals surface area contributed by atoms with E-state index in [-0.39, 0.29) is 24.4 Å². The fraction of sp³-hybridized carbons (Fsp3) is 0.833. The van der Waals surface area contributed by atoms with E-state index in [0.717, 1.165) is 38.5 Å². The minimum Gasteiger partial charge on any atom is -0.481 e. The maximum absolute atomic E-state index is 10.5. The molecule has 0 saturated heterocycles. The predicted molar refractivity (Wildman–Crippen MR) is 97.6 cm³/mol. The van der Waals surface area contributed by atoms with Crippen LogP contribution in [0.1, 0.15) is 64.7 Å². The van der Waals surface area contributed by atoms with Gasteiger partial charge in [-0.05, 0) is 56.8 Å². The van der Waals surface area contributed by atoms with Crippen molar-refractivity contribution >= 4 is 15.4 Å². The number of aliphatic hydroxyl groups is 2. The molecule has 140 valence electrons. The molecule has 1 aliphatic rings. The average Bonchev–Trinajstić information content (AvgIpc) is 2.80. The third kappa shape index (κ3) is 7.60. The summed E-state index contributed by atoms with van der Waals surface area (Å²) in [5, 5.41) is 29.1. The lowest BCUT2D eigenvalue weighted by molar-refractivity contribution is -0.137. The molecular formula is C18H33O5P. The molecule has 0 aromatic rings. The van der Waals surface area contributed by atoms with Gasteiger partial charge in [-0.15, -0.1) is 0 Å². The van der Waals surface area contributed by atoms with Crippen molar-refractivity contribution in [2.24, 2.45) is 11.8 Å². The van der Waals surface area contributed by atoms with E-state index in [0.29, 0.717) is 12.8 Å². The Labute approximate surface area is 147 Å². The molecule has 1 fully saturated rings. The Hall–Kier alpha value is -0.480. The van der Waals surface area contributed by atoms with Crippen LogP contribution in [0.3, 0.4) is 0 Å². The molecule has 0 aromatic heterocycles. The van der Waals surface area contributed by atoms with Crippen molar-refractivity contribution in [2.75, 3.05) is 0 Å². The Kier molecular flexibility index (Phi) is 10.8. The molecule has 0 heterocycles. The van der Waals surface area contributed by atoms with E-state index < -0.39 is 18.2 Å². The molecule has 1 rings (SSSR count). The van der Waals surface area contributed by atoms with Crippen LogP contribution in [0.4, 0.5) is 0 Å². The molecular weight excluding hydrogens is 327 g/mol. The summed E-state index contributed by atoms with van der Waals surface area (Å²) in [4.78, 5) is 10.5. The highest BCUT2D eigenvalue weighted by Gasteiger charge is 2.40. The third-order valence-corrected chi connectivity index (χ3v) is 5.37. The zero-order valence-corrected chi connectivity index (χ0v) is 15.8. The minimum absolute atomic E-state index is 0.0718. The molecule has 0 radical (unpaired) electrons. The molecule has 1 saturated carbocycles. The normalized spacial score (nSPS) is 28.5. The van der Waals surface area contributed by atoms with Crippen LogP contribution < -0.4 is 0 Å². The van der Waals surface area contributed by atoms with Gasteiger partial charge in [0.2, 0.25) is 0 Å². The molecule has 0 bridgehead atoms. The first kappa shape index (κ1) is 21.6. The van der Waals surface area contributed by atoms with Crippen molar-refractivity contribution in [3.63, 3.8) is 0 Å². The van der Waals surface area contributed by atoms with Crippen molar-refractivity contribution < 1.29 is 24.6 Å². The standard InChI is InChI=1S/C18H33O5P/c1-2-7-13(23-24)10-11-15-14(16(19)12-17(15)20)8-5-3-4-6-9-18(21)22/h3,5,13-17,19-20H,2,4,6-12,24H2,1H3,(H,21,22)/b5-3-/t13-,14-,15-,16+,17-/m1/s1. The van der Waals surface area contributed by atoms with E-state index in [9.17, 15) is 15.0 Å². The summed E-state index contributed by atoms with van der Waals surface area (Å²) in [6.45, 7) is 2.13. The van der Waals surface area contributed by atoms with Crippen molar-refractivity contribution in [2.45, 2.75) is 83.0 Å². The maximum Gasteiger partial charge on any atom is 0.303 e. The molecule has 6 heteroatoms. The van der Waals surface area contributed by atoms with E-state index in [4.69, 9.17) is 9.63 Å². The SMILES string of the molecule is CCC[C@H](CC[C@@H]1[C@@H](C/C=C\CCCC(=O)O)[C@@H](O)C[C@H]1O)OP. The van der Waals surface area contributed by atoms with Gasteiger partial charge in [-0.1, -0.05) is 25.5 Å². The first-order valence-electron chi connectivity index (χ1n) is 9.08. The van der Waals surface area contributed by atoms with Crippen molar-refractivity contribution in [1.29, 1.82) is 0 Å². The van der Waals surface area contributed by atoms with Crippen LogP contribution >= 0.6 is 9.47 Å². The number of rotatable bonds is 12. The van der Waals surface area contributed by atoms with Gasteiger partial charge in [0.05, 0.1) is 18.3 Å². The molecule has 0 aromatic carbocycles. The van der Waals surface area contributed by atoms with Crippen LogP contribution in [0.2, 0.25) is 0 Å². The van der Waals surface area contributed by atoms with Gasteiger partial charge < -0.3 is 19.8 Å². The van der Waals surface area contributed by atoms with Gasteiger partial charge in [0.1, 0.15) is 0 Å². The number of unbranched alkanes of at least 4 members (excludes halogenated alkanes) is 1. The molecule has 1 unspecified atom stereocenters. The number of carboxylic acids is 1. The van der Waals surface area contributed by atoms with Crippen LogP contribution in [-0.2, 0) is 9.32 Å². The molecule has 3 N–H and O–H groups in total. The van der Waals surface area contributed by atoms with Gasteiger partial charge in [-0.25, -0.2) is 0 Å². The van der Waals surface area contributed by atoms with Gasteiger partial charge in [-0.3, -0.25) is 4.79 Å². The quantitative estimate of drug-likeness (QED) is 0.282. The van der Waals surface area contributed by atoms with Crippen molar-refractivity contribution in [3.05, 3.63) is 12.2 Å². The Bertz CT molecular complexity index is 388. The van der Waals surface area contributed by atoms with Crippen LogP contribution in [0, 0.1) is 11.8 Å². The molecule has 6 atom stereocenters. The smallest absolute Gasteiger partial charge is 0.303 e. The Morgan fingerprint density at radius 2 is 1.96 bits per heavy atom. The minimum atomic E-state index is -0.768. The van der Waals surface area contributed by atoms with E-state index in [1.165, 1.54) is 0 Å². The van der Waals surface area contributed by atoms with Crippen LogP contribution in [0.25, 0.3) is 0 Å². The molecule has 1 aliphatic carbocycles. The summed E-state index contributed by atoms with van der Waals surface area (Å²) in [7, 11) is 2.33. The number of hydrogen-bond acceptors (Lipinski definition) is 4. The Morgan fingerprint density at radius 3 is 2.58 bits per heavy atom. The first-order chi connectivity index (χ1) is 11.5. The van der Waals surface area contributed by atoms with Gasteiger partial charge in [0.25, 0.3) is 0 Å².